The molecule has 0 aromatic carbocycles. The van der Waals surface area contributed by atoms with Gasteiger partial charge in [0, 0.05) is 5.92 Å². The van der Waals surface area contributed by atoms with E-state index in [2.05, 4.69) is 42.1 Å². The van der Waals surface area contributed by atoms with Crippen molar-refractivity contribution >= 4 is 5.84 Å². The zero-order valence-corrected chi connectivity index (χ0v) is 14.2. The van der Waals surface area contributed by atoms with Crippen LogP contribution in [0.25, 0.3) is 0 Å². The highest BCUT2D eigenvalue weighted by atomic mass is 16.5. The number of amidine groups is 1. The Balaban J connectivity index is 1.54. The van der Waals surface area contributed by atoms with Gasteiger partial charge in [-0.25, -0.2) is 4.99 Å². The van der Waals surface area contributed by atoms with E-state index >= 15 is 0 Å². The van der Waals surface area contributed by atoms with E-state index in [0.29, 0.717) is 11.8 Å². The van der Waals surface area contributed by atoms with Crippen LogP contribution >= 0.6 is 0 Å². The first kappa shape index (κ1) is 15.2. The number of dihydropyridines is 1. The molecule has 0 radical (unpaired) electrons. The fourth-order valence-corrected chi connectivity index (χ4v) is 4.02. The molecule has 0 aromatic rings. The summed E-state index contributed by atoms with van der Waals surface area (Å²) in [7, 11) is 0. The van der Waals surface area contributed by atoms with Gasteiger partial charge in [-0.2, -0.15) is 0 Å². The third-order valence-electron chi connectivity index (χ3n) is 5.56. The van der Waals surface area contributed by atoms with E-state index in [1.807, 2.05) is 0 Å². The van der Waals surface area contributed by atoms with Gasteiger partial charge < -0.3 is 20.7 Å². The molecular formula is C18H28N4O. The summed E-state index contributed by atoms with van der Waals surface area (Å²) in [5.41, 5.74) is 2.65. The van der Waals surface area contributed by atoms with E-state index in [4.69, 9.17) is 9.73 Å². The molecule has 23 heavy (non-hydrogen) atoms. The lowest BCUT2D eigenvalue weighted by Crippen LogP contribution is -2.46. The molecule has 0 amide bonds. The molecule has 2 fully saturated rings. The summed E-state index contributed by atoms with van der Waals surface area (Å²) in [4.78, 5) is 5.01. The number of hydrogen-bond donors (Lipinski definition) is 3. The Labute approximate surface area is 138 Å². The lowest BCUT2D eigenvalue weighted by atomic mass is 9.87. The van der Waals surface area contributed by atoms with Crippen molar-refractivity contribution in [3.8, 4) is 0 Å². The van der Waals surface area contributed by atoms with Crippen molar-refractivity contribution in [2.45, 2.75) is 51.3 Å². The van der Waals surface area contributed by atoms with Gasteiger partial charge in [0.05, 0.1) is 17.9 Å². The van der Waals surface area contributed by atoms with Crippen molar-refractivity contribution in [2.75, 3.05) is 19.7 Å². The normalized spacial score (nSPS) is 33.7. The summed E-state index contributed by atoms with van der Waals surface area (Å²) in [6.07, 6.45) is 9.12. The molecule has 4 aliphatic heterocycles. The zero-order chi connectivity index (χ0) is 15.9. The summed E-state index contributed by atoms with van der Waals surface area (Å²) < 4.78 is 6.01. The van der Waals surface area contributed by atoms with Crippen LogP contribution < -0.4 is 16.0 Å². The minimum atomic E-state index is 0.0156. The molecule has 126 valence electrons. The van der Waals surface area contributed by atoms with Gasteiger partial charge in [-0.3, -0.25) is 0 Å². The van der Waals surface area contributed by atoms with E-state index in [-0.39, 0.29) is 11.8 Å². The maximum Gasteiger partial charge on any atom is 0.141 e. The first-order valence-corrected chi connectivity index (χ1v) is 8.99. The number of nitrogens with zero attached hydrogens (tertiary/aromatic N) is 1. The first-order chi connectivity index (χ1) is 11.1. The van der Waals surface area contributed by atoms with Crippen LogP contribution in [0.3, 0.4) is 0 Å². The summed E-state index contributed by atoms with van der Waals surface area (Å²) in [5.74, 6) is 2.15. The van der Waals surface area contributed by atoms with Crippen LogP contribution in [0.1, 0.15) is 39.5 Å². The van der Waals surface area contributed by atoms with Gasteiger partial charge in [-0.1, -0.05) is 0 Å². The van der Waals surface area contributed by atoms with Crippen molar-refractivity contribution < 1.29 is 4.74 Å². The Morgan fingerprint density at radius 2 is 2.00 bits per heavy atom. The van der Waals surface area contributed by atoms with Crippen LogP contribution in [-0.4, -0.2) is 37.3 Å². The molecule has 0 aromatic heterocycles. The molecule has 4 heterocycles. The van der Waals surface area contributed by atoms with Gasteiger partial charge in [0.1, 0.15) is 12.0 Å². The number of fused-ring (bicyclic) bond motifs is 1. The van der Waals surface area contributed by atoms with Gasteiger partial charge in [-0.05, 0) is 76.4 Å². The van der Waals surface area contributed by atoms with Gasteiger partial charge in [0.25, 0.3) is 0 Å². The van der Waals surface area contributed by atoms with Crippen molar-refractivity contribution in [3.63, 3.8) is 0 Å². The molecule has 0 aliphatic carbocycles. The van der Waals surface area contributed by atoms with Crippen molar-refractivity contribution in [1.82, 2.24) is 16.0 Å². The molecule has 5 nitrogen and oxygen atoms in total. The number of nitrogens with one attached hydrogen (secondary N) is 3. The molecule has 0 saturated carbocycles. The van der Waals surface area contributed by atoms with E-state index < -0.39 is 0 Å². The Morgan fingerprint density at radius 1 is 1.17 bits per heavy atom. The minimum Gasteiger partial charge on any atom is -0.375 e. The van der Waals surface area contributed by atoms with Crippen LogP contribution in [0.4, 0.5) is 0 Å². The fraction of sp³-hybridized carbons (Fsp3) is 0.722. The van der Waals surface area contributed by atoms with Crippen LogP contribution in [0, 0.1) is 11.8 Å². The quantitative estimate of drug-likeness (QED) is 0.728. The molecule has 0 spiro atoms. The highest BCUT2D eigenvalue weighted by molar-refractivity contribution is 5.89. The molecular weight excluding hydrogens is 288 g/mol. The summed E-state index contributed by atoms with van der Waals surface area (Å²) >= 11 is 0. The molecule has 0 bridgehead atoms. The largest absolute Gasteiger partial charge is 0.375 e. The van der Waals surface area contributed by atoms with Gasteiger partial charge >= 0.3 is 0 Å². The Bertz CT molecular complexity index is 547. The van der Waals surface area contributed by atoms with E-state index in [0.717, 1.165) is 38.4 Å². The lowest BCUT2D eigenvalue weighted by Gasteiger charge is -2.34. The standard InChI is InChI=1S/C18H28N4O/c1-18(2)7-3-13(11-23-18)16-21-15-14(6-10-20-17(15)22-16)12-4-8-19-9-5-12/h6,10,12-13,17,19-20H,3-5,7-9,11H2,1-2H3,(H,21,22). The summed E-state index contributed by atoms with van der Waals surface area (Å²) in [6, 6.07) is 0. The highest BCUT2D eigenvalue weighted by Crippen LogP contribution is 2.33. The van der Waals surface area contributed by atoms with Gasteiger partial charge in [-0.15, -0.1) is 0 Å². The smallest absolute Gasteiger partial charge is 0.141 e. The van der Waals surface area contributed by atoms with Crippen LogP contribution in [-0.2, 0) is 4.74 Å². The second kappa shape index (κ2) is 5.95. The molecule has 5 heteroatoms. The zero-order valence-electron chi connectivity index (χ0n) is 14.2. The molecule has 3 N–H and O–H groups in total. The second-order valence-electron chi connectivity index (χ2n) is 7.75. The maximum absolute atomic E-state index is 6.01. The average molecular weight is 316 g/mol. The predicted octanol–water partition coefficient (Wildman–Crippen LogP) is 1.89. The molecule has 2 atom stereocenters. The predicted molar refractivity (Wildman–Crippen MR) is 92.0 cm³/mol. The number of hydrogen-bond acceptors (Lipinski definition) is 5. The Kier molecular flexibility index (Phi) is 3.93. The second-order valence-corrected chi connectivity index (χ2v) is 7.75. The van der Waals surface area contributed by atoms with Crippen molar-refractivity contribution in [3.05, 3.63) is 23.5 Å². The lowest BCUT2D eigenvalue weighted by molar-refractivity contribution is -0.0640. The number of ether oxygens (including phenoxy) is 1. The SMILES string of the molecule is CC1(C)CCC(C2=NC3=C(C4CCNCC4)C=CNC3N2)CO1. The summed E-state index contributed by atoms with van der Waals surface area (Å²) in [5, 5.41) is 10.5. The van der Waals surface area contributed by atoms with E-state index in [1.54, 1.807) is 0 Å². The van der Waals surface area contributed by atoms with Gasteiger partial charge in [0.15, 0.2) is 0 Å². The molecule has 2 saturated heterocycles. The fourth-order valence-electron chi connectivity index (χ4n) is 4.02. The monoisotopic (exact) mass is 316 g/mol. The number of aliphatic imine (C=N–C) groups is 1. The third kappa shape index (κ3) is 3.04. The minimum absolute atomic E-state index is 0.0156. The molecule has 2 unspecified atom stereocenters. The highest BCUT2D eigenvalue weighted by Gasteiger charge is 2.36. The number of piperidine rings is 1. The Hall–Kier alpha value is -1.33. The number of allylic oxidation sites excluding steroid dienone is 2. The van der Waals surface area contributed by atoms with Gasteiger partial charge in [0.2, 0.25) is 0 Å². The first-order valence-electron chi connectivity index (χ1n) is 8.99. The third-order valence-corrected chi connectivity index (χ3v) is 5.56. The maximum atomic E-state index is 6.01. The number of rotatable bonds is 2. The molecule has 4 aliphatic rings. The van der Waals surface area contributed by atoms with Crippen LogP contribution in [0.2, 0.25) is 0 Å². The molecule has 4 rings (SSSR count). The van der Waals surface area contributed by atoms with E-state index in [1.165, 1.54) is 24.1 Å². The average Bonchev–Trinajstić information content (AvgIpc) is 2.99. The van der Waals surface area contributed by atoms with Crippen LogP contribution in [0.15, 0.2) is 28.5 Å². The van der Waals surface area contributed by atoms with Crippen LogP contribution in [0.5, 0.6) is 0 Å². The topological polar surface area (TPSA) is 57.7 Å². The van der Waals surface area contributed by atoms with E-state index in [9.17, 15) is 0 Å². The van der Waals surface area contributed by atoms with Crippen molar-refractivity contribution in [1.29, 1.82) is 0 Å². The Morgan fingerprint density at radius 3 is 2.74 bits per heavy atom. The summed E-state index contributed by atoms with van der Waals surface area (Å²) in [6.45, 7) is 7.35. The van der Waals surface area contributed by atoms with Crippen molar-refractivity contribution in [2.24, 2.45) is 16.8 Å².